The number of aromatic nitrogens is 5. The lowest BCUT2D eigenvalue weighted by Crippen LogP contribution is -2.24. The fraction of sp³-hybridized carbons (Fsp3) is 0.417. The molecular formula is C36H44N10O3. The highest BCUT2D eigenvalue weighted by Gasteiger charge is 2.20. The zero-order chi connectivity index (χ0) is 33.7. The SMILES string of the molecule is O=[N+]([O-])c1ccc(NCCCCCCNc2nc(NCCC(c3ccccc3)c3ccccc3)nc(NC3CCCCC3)n2)c2nonc12. The highest BCUT2D eigenvalue weighted by molar-refractivity contribution is 5.93. The second-order valence-electron chi connectivity index (χ2n) is 12.5. The molecule has 0 amide bonds. The van der Waals surface area contributed by atoms with Gasteiger partial charge in [-0.25, -0.2) is 4.63 Å². The van der Waals surface area contributed by atoms with Gasteiger partial charge in [0, 0.05) is 37.7 Å². The van der Waals surface area contributed by atoms with Gasteiger partial charge >= 0.3 is 5.69 Å². The van der Waals surface area contributed by atoms with E-state index >= 15 is 0 Å². The van der Waals surface area contributed by atoms with Gasteiger partial charge in [-0.05, 0) is 59.6 Å². The summed E-state index contributed by atoms with van der Waals surface area (Å²) in [4.78, 5) is 25.0. The van der Waals surface area contributed by atoms with Crippen LogP contribution in [-0.2, 0) is 0 Å². The lowest BCUT2D eigenvalue weighted by molar-refractivity contribution is -0.383. The van der Waals surface area contributed by atoms with Gasteiger partial charge in [0.25, 0.3) is 0 Å². The van der Waals surface area contributed by atoms with Gasteiger partial charge in [-0.1, -0.05) is 92.8 Å². The smallest absolute Gasteiger partial charge is 0.300 e. The van der Waals surface area contributed by atoms with E-state index in [4.69, 9.17) is 19.6 Å². The van der Waals surface area contributed by atoms with Gasteiger partial charge in [0.1, 0.15) is 0 Å². The predicted molar refractivity (Wildman–Crippen MR) is 192 cm³/mol. The quantitative estimate of drug-likeness (QED) is 0.0408. The Labute approximate surface area is 285 Å². The highest BCUT2D eigenvalue weighted by atomic mass is 16.6. The van der Waals surface area contributed by atoms with Crippen molar-refractivity contribution in [3.8, 4) is 0 Å². The van der Waals surface area contributed by atoms with Crippen LogP contribution in [0, 0.1) is 10.1 Å². The summed E-state index contributed by atoms with van der Waals surface area (Å²) in [6, 6.07) is 24.7. The number of benzene rings is 3. The number of nitro groups is 1. The molecule has 0 spiro atoms. The molecule has 49 heavy (non-hydrogen) atoms. The average Bonchev–Trinajstić information content (AvgIpc) is 3.63. The molecular weight excluding hydrogens is 620 g/mol. The van der Waals surface area contributed by atoms with Crippen LogP contribution in [0.3, 0.4) is 0 Å². The molecule has 0 atom stereocenters. The van der Waals surface area contributed by atoms with Crippen LogP contribution in [0.2, 0.25) is 0 Å². The van der Waals surface area contributed by atoms with Crippen molar-refractivity contribution in [2.45, 2.75) is 76.2 Å². The zero-order valence-electron chi connectivity index (χ0n) is 27.7. The minimum absolute atomic E-state index is 0.118. The average molecular weight is 665 g/mol. The van der Waals surface area contributed by atoms with Gasteiger partial charge in [-0.15, -0.1) is 0 Å². The second kappa shape index (κ2) is 17.2. The van der Waals surface area contributed by atoms with E-state index in [1.807, 2.05) is 0 Å². The van der Waals surface area contributed by atoms with E-state index in [1.165, 1.54) is 36.5 Å². The van der Waals surface area contributed by atoms with Crippen LogP contribution in [0.15, 0.2) is 77.4 Å². The maximum Gasteiger partial charge on any atom is 0.300 e. The maximum atomic E-state index is 11.2. The van der Waals surface area contributed by atoms with Crippen LogP contribution in [-0.4, -0.2) is 55.9 Å². The maximum absolute atomic E-state index is 11.2. The number of nitro benzene ring substituents is 1. The first kappa shape index (κ1) is 33.6. The number of unbranched alkanes of at least 4 members (excludes halogenated alkanes) is 3. The molecule has 256 valence electrons. The van der Waals surface area contributed by atoms with E-state index in [1.54, 1.807) is 6.07 Å². The molecule has 0 radical (unpaired) electrons. The summed E-state index contributed by atoms with van der Waals surface area (Å²) < 4.78 is 4.75. The summed E-state index contributed by atoms with van der Waals surface area (Å²) in [6.07, 6.45) is 10.8. The van der Waals surface area contributed by atoms with Crippen molar-refractivity contribution >= 4 is 40.3 Å². The number of hydrogen-bond donors (Lipinski definition) is 4. The molecule has 13 nitrogen and oxygen atoms in total. The lowest BCUT2D eigenvalue weighted by atomic mass is 9.88. The third kappa shape index (κ3) is 9.40. The second-order valence-corrected chi connectivity index (χ2v) is 12.5. The van der Waals surface area contributed by atoms with Crippen molar-refractivity contribution < 1.29 is 9.55 Å². The molecule has 2 heterocycles. The largest absolute Gasteiger partial charge is 0.383 e. The summed E-state index contributed by atoms with van der Waals surface area (Å²) in [6.45, 7) is 2.17. The van der Waals surface area contributed by atoms with Crippen LogP contribution in [0.5, 0.6) is 0 Å². The minimum Gasteiger partial charge on any atom is -0.383 e. The van der Waals surface area contributed by atoms with Crippen molar-refractivity contribution in [3.05, 3.63) is 94.0 Å². The third-order valence-electron chi connectivity index (χ3n) is 8.99. The van der Waals surface area contributed by atoms with Gasteiger partial charge in [0.05, 0.1) is 10.6 Å². The van der Waals surface area contributed by atoms with E-state index in [0.717, 1.165) is 51.5 Å². The van der Waals surface area contributed by atoms with Crippen LogP contribution in [0.4, 0.5) is 29.2 Å². The van der Waals surface area contributed by atoms with Crippen molar-refractivity contribution in [1.29, 1.82) is 0 Å². The lowest BCUT2D eigenvalue weighted by Gasteiger charge is -2.23. The van der Waals surface area contributed by atoms with Gasteiger partial charge in [0.2, 0.25) is 23.4 Å². The van der Waals surface area contributed by atoms with E-state index in [0.29, 0.717) is 48.2 Å². The molecule has 1 aliphatic rings. The molecule has 1 fully saturated rings. The number of hydrogen-bond acceptors (Lipinski definition) is 12. The molecule has 3 aromatic carbocycles. The van der Waals surface area contributed by atoms with Crippen molar-refractivity contribution in [2.24, 2.45) is 0 Å². The molecule has 0 saturated heterocycles. The highest BCUT2D eigenvalue weighted by Crippen LogP contribution is 2.30. The van der Waals surface area contributed by atoms with Crippen LogP contribution in [0.1, 0.15) is 81.3 Å². The summed E-state index contributed by atoms with van der Waals surface area (Å²) in [5, 5.41) is 32.5. The Bertz CT molecular complexity index is 1720. The van der Waals surface area contributed by atoms with Gasteiger partial charge < -0.3 is 21.3 Å². The number of fused-ring (bicyclic) bond motifs is 1. The molecule has 0 unspecified atom stereocenters. The minimum atomic E-state index is -0.485. The Balaban J connectivity index is 0.997. The molecule has 1 saturated carbocycles. The van der Waals surface area contributed by atoms with Crippen LogP contribution >= 0.6 is 0 Å². The Hall–Kier alpha value is -5.33. The number of rotatable bonds is 18. The van der Waals surface area contributed by atoms with Crippen LogP contribution < -0.4 is 21.3 Å². The number of nitrogens with one attached hydrogen (secondary N) is 4. The first-order chi connectivity index (χ1) is 24.1. The fourth-order valence-electron chi connectivity index (χ4n) is 6.42. The molecule has 0 aliphatic heterocycles. The first-order valence-electron chi connectivity index (χ1n) is 17.4. The topological polar surface area (TPSA) is 169 Å². The normalized spacial score (nSPS) is 13.4. The van der Waals surface area contributed by atoms with Crippen molar-refractivity contribution in [2.75, 3.05) is 40.9 Å². The fourth-order valence-corrected chi connectivity index (χ4v) is 6.42. The molecule has 5 aromatic rings. The van der Waals surface area contributed by atoms with E-state index in [-0.39, 0.29) is 17.1 Å². The Morgan fingerprint density at radius 1 is 0.694 bits per heavy atom. The summed E-state index contributed by atoms with van der Waals surface area (Å²) in [5.74, 6) is 2.02. The summed E-state index contributed by atoms with van der Waals surface area (Å²) in [7, 11) is 0. The standard InChI is InChI=1S/C36H44N10O3/c47-46(48)31-21-20-30(32-33(31)45-49-44-32)37-23-12-1-2-13-24-38-34-41-35(43-36(42-34)40-28-18-10-5-11-19-28)39-25-22-29(26-14-6-3-7-15-26)27-16-8-4-9-17-27/h3-4,6-9,14-17,20-21,28-29,37H,1-2,5,10-13,18-19,22-25H2,(H3,38,39,40,41,42,43). The van der Waals surface area contributed by atoms with Crippen molar-refractivity contribution in [3.63, 3.8) is 0 Å². The van der Waals surface area contributed by atoms with E-state index < -0.39 is 4.92 Å². The Morgan fingerprint density at radius 2 is 1.29 bits per heavy atom. The Kier molecular flexibility index (Phi) is 11.8. The summed E-state index contributed by atoms with van der Waals surface area (Å²) in [5.41, 5.74) is 3.66. The third-order valence-corrected chi connectivity index (χ3v) is 8.99. The molecule has 0 bridgehead atoms. The van der Waals surface area contributed by atoms with Gasteiger partial charge in [-0.3, -0.25) is 10.1 Å². The molecule has 13 heteroatoms. The number of anilines is 4. The molecule has 6 rings (SSSR count). The molecule has 2 aromatic heterocycles. The van der Waals surface area contributed by atoms with Gasteiger partial charge in [0.15, 0.2) is 5.52 Å². The van der Waals surface area contributed by atoms with E-state index in [9.17, 15) is 10.1 Å². The first-order valence-corrected chi connectivity index (χ1v) is 17.4. The zero-order valence-corrected chi connectivity index (χ0v) is 27.7. The van der Waals surface area contributed by atoms with E-state index in [2.05, 4.69) is 92.2 Å². The molecule has 4 N–H and O–H groups in total. The predicted octanol–water partition coefficient (Wildman–Crippen LogP) is 7.78. The Morgan fingerprint density at radius 3 is 1.94 bits per heavy atom. The monoisotopic (exact) mass is 664 g/mol. The number of nitrogens with zero attached hydrogens (tertiary/aromatic N) is 6. The summed E-state index contributed by atoms with van der Waals surface area (Å²) >= 11 is 0. The van der Waals surface area contributed by atoms with Gasteiger partial charge in [-0.2, -0.15) is 15.0 Å². The van der Waals surface area contributed by atoms with Crippen molar-refractivity contribution in [1.82, 2.24) is 25.3 Å². The molecule has 1 aliphatic carbocycles. The number of non-ortho nitro benzene ring substituents is 1. The van der Waals surface area contributed by atoms with Crippen LogP contribution in [0.25, 0.3) is 11.0 Å².